The molecular weight excluding hydrogens is 414 g/mol. The van der Waals surface area contributed by atoms with Crippen molar-refractivity contribution in [2.45, 2.75) is 6.92 Å². The molecule has 0 radical (unpaired) electrons. The van der Waals surface area contributed by atoms with Gasteiger partial charge in [0.25, 0.3) is 0 Å². The number of carbonyl (C=O) groups excluding carboxylic acids is 1. The molecule has 8 heteroatoms. The molecule has 0 saturated heterocycles. The zero-order valence-corrected chi connectivity index (χ0v) is 16.9. The highest BCUT2D eigenvalue weighted by atomic mass is 16.5. The van der Waals surface area contributed by atoms with E-state index in [1.165, 1.54) is 6.07 Å². The van der Waals surface area contributed by atoms with Crippen LogP contribution in [0.1, 0.15) is 12.5 Å². The number of para-hydroxylation sites is 1. The lowest BCUT2D eigenvalue weighted by molar-refractivity contribution is -0.137. The Hall–Kier alpha value is -4.46. The van der Waals surface area contributed by atoms with Gasteiger partial charge in [0.15, 0.2) is 5.58 Å². The third-order valence-electron chi connectivity index (χ3n) is 4.61. The summed E-state index contributed by atoms with van der Waals surface area (Å²) in [4.78, 5) is 41.3. The smallest absolute Gasteiger partial charge is 0.362 e. The highest BCUT2D eigenvalue weighted by Gasteiger charge is 2.17. The van der Waals surface area contributed by atoms with Gasteiger partial charge in [0.05, 0.1) is 12.0 Å². The largest absolute Gasteiger partial charge is 0.506 e. The molecule has 0 amide bonds. The maximum atomic E-state index is 12.5. The summed E-state index contributed by atoms with van der Waals surface area (Å²) in [7, 11) is 0. The fourth-order valence-electron chi connectivity index (χ4n) is 3.11. The van der Waals surface area contributed by atoms with Gasteiger partial charge in [-0.25, -0.2) is 19.4 Å². The molecule has 2 aromatic heterocycles. The lowest BCUT2D eigenvalue weighted by atomic mass is 10.1. The van der Waals surface area contributed by atoms with Gasteiger partial charge in [-0.3, -0.25) is 0 Å². The number of esters is 1. The molecule has 32 heavy (non-hydrogen) atoms. The number of carbonyl (C=O) groups is 1. The number of ether oxygens (including phenoxy) is 1. The number of hydrogen-bond donors (Lipinski definition) is 1. The average molecular weight is 431 g/mol. The average Bonchev–Trinajstić information content (AvgIpc) is 2.80. The van der Waals surface area contributed by atoms with Crippen molar-refractivity contribution < 1.29 is 23.5 Å². The molecule has 0 fully saturated rings. The van der Waals surface area contributed by atoms with Crippen LogP contribution in [0.3, 0.4) is 0 Å². The zero-order valence-electron chi connectivity index (χ0n) is 16.9. The van der Waals surface area contributed by atoms with Crippen molar-refractivity contribution >= 4 is 45.6 Å². The molecule has 8 nitrogen and oxygen atoms in total. The summed E-state index contributed by atoms with van der Waals surface area (Å²) in [6, 6.07) is 16.2. The van der Waals surface area contributed by atoms with Crippen LogP contribution in [0, 0.1) is 0 Å². The van der Waals surface area contributed by atoms with E-state index in [0.717, 1.165) is 6.21 Å². The first-order valence-corrected chi connectivity index (χ1v) is 9.69. The molecule has 1 N–H and O–H groups in total. The standard InChI is InChI=1S/C24H17NO7/c1-2-30-22(27)17(20(26)14-8-4-3-5-9-14)13-25-18-12-16-21(32-24(18)29)15-10-6-7-11-19(15)31-23(16)28/h3-13,26H,2H2,1H3/b20-17+,25-13?. The fraction of sp³-hybridized carbons (Fsp3) is 0.0833. The Labute approximate surface area is 180 Å². The molecule has 0 aliphatic heterocycles. The van der Waals surface area contributed by atoms with Crippen LogP contribution in [0.15, 0.2) is 89.7 Å². The molecule has 0 aliphatic carbocycles. The molecule has 0 saturated carbocycles. The third kappa shape index (κ3) is 3.93. The zero-order chi connectivity index (χ0) is 22.7. The first kappa shape index (κ1) is 20.8. The minimum Gasteiger partial charge on any atom is -0.506 e. The number of hydrogen-bond acceptors (Lipinski definition) is 8. The molecular formula is C24H17NO7. The van der Waals surface area contributed by atoms with Gasteiger partial charge in [-0.2, -0.15) is 0 Å². The van der Waals surface area contributed by atoms with Gasteiger partial charge in [0, 0.05) is 11.8 Å². The van der Waals surface area contributed by atoms with Crippen LogP contribution in [0.4, 0.5) is 5.69 Å². The van der Waals surface area contributed by atoms with Crippen molar-refractivity contribution in [2.75, 3.05) is 6.61 Å². The quantitative estimate of drug-likeness (QED) is 0.126. The lowest BCUT2D eigenvalue weighted by Gasteiger charge is -2.07. The summed E-state index contributed by atoms with van der Waals surface area (Å²) >= 11 is 0. The monoisotopic (exact) mass is 431 g/mol. The van der Waals surface area contributed by atoms with Gasteiger partial charge in [0.1, 0.15) is 28.0 Å². The van der Waals surface area contributed by atoms with Gasteiger partial charge in [-0.05, 0) is 25.1 Å². The minimum absolute atomic E-state index is 0.0180. The van der Waals surface area contributed by atoms with Gasteiger partial charge in [-0.1, -0.05) is 42.5 Å². The number of benzene rings is 2. The summed E-state index contributed by atoms with van der Waals surface area (Å²) in [5.41, 5.74) is -1.32. The van der Waals surface area contributed by atoms with Crippen molar-refractivity contribution in [1.29, 1.82) is 0 Å². The summed E-state index contributed by atoms with van der Waals surface area (Å²) in [5.74, 6) is -1.20. The Morgan fingerprint density at radius 1 is 1.00 bits per heavy atom. The molecule has 0 aliphatic rings. The fourth-order valence-corrected chi connectivity index (χ4v) is 3.11. The van der Waals surface area contributed by atoms with E-state index in [1.54, 1.807) is 61.5 Å². The second kappa shape index (κ2) is 8.73. The van der Waals surface area contributed by atoms with Crippen LogP contribution in [-0.4, -0.2) is 23.9 Å². The van der Waals surface area contributed by atoms with E-state index in [2.05, 4.69) is 4.99 Å². The first-order chi connectivity index (χ1) is 15.5. The Balaban J connectivity index is 1.85. The Morgan fingerprint density at radius 2 is 1.72 bits per heavy atom. The van der Waals surface area contributed by atoms with Gasteiger partial charge < -0.3 is 18.7 Å². The van der Waals surface area contributed by atoms with E-state index in [9.17, 15) is 19.5 Å². The van der Waals surface area contributed by atoms with Crippen LogP contribution < -0.4 is 11.3 Å². The third-order valence-corrected chi connectivity index (χ3v) is 4.61. The Bertz CT molecular complexity index is 1490. The number of aliphatic hydroxyl groups excluding tert-OH is 1. The van der Waals surface area contributed by atoms with Crippen molar-refractivity contribution in [3.63, 3.8) is 0 Å². The molecule has 0 spiro atoms. The second-order valence-electron chi connectivity index (χ2n) is 6.65. The maximum Gasteiger partial charge on any atom is 0.362 e. The number of aliphatic imine (C=N–C) groups is 1. The highest BCUT2D eigenvalue weighted by molar-refractivity contribution is 6.15. The van der Waals surface area contributed by atoms with Gasteiger partial charge >= 0.3 is 17.2 Å². The van der Waals surface area contributed by atoms with E-state index < -0.39 is 17.2 Å². The maximum absolute atomic E-state index is 12.5. The van der Waals surface area contributed by atoms with Crippen LogP contribution in [-0.2, 0) is 9.53 Å². The van der Waals surface area contributed by atoms with Crippen LogP contribution in [0.25, 0.3) is 27.7 Å². The van der Waals surface area contributed by atoms with Gasteiger partial charge in [0.2, 0.25) is 0 Å². The summed E-state index contributed by atoms with van der Waals surface area (Å²) in [5, 5.41) is 11.1. The lowest BCUT2D eigenvalue weighted by Crippen LogP contribution is -2.12. The molecule has 0 unspecified atom stereocenters. The van der Waals surface area contributed by atoms with Crippen molar-refractivity contribution in [2.24, 2.45) is 4.99 Å². The van der Waals surface area contributed by atoms with Crippen LogP contribution in [0.5, 0.6) is 0 Å². The van der Waals surface area contributed by atoms with E-state index in [4.69, 9.17) is 13.6 Å². The number of fused-ring (bicyclic) bond motifs is 3. The predicted octanol–water partition coefficient (Wildman–Crippen LogP) is 4.13. The second-order valence-corrected chi connectivity index (χ2v) is 6.65. The number of aliphatic hydroxyl groups is 1. The van der Waals surface area contributed by atoms with E-state index in [0.29, 0.717) is 10.9 Å². The molecule has 0 atom stereocenters. The first-order valence-electron chi connectivity index (χ1n) is 9.69. The highest BCUT2D eigenvalue weighted by Crippen LogP contribution is 2.24. The van der Waals surface area contributed by atoms with E-state index in [1.807, 2.05) is 0 Å². The van der Waals surface area contributed by atoms with Crippen LogP contribution in [0.2, 0.25) is 0 Å². The predicted molar refractivity (Wildman–Crippen MR) is 119 cm³/mol. The summed E-state index contributed by atoms with van der Waals surface area (Å²) in [6.07, 6.45) is 1.00. The summed E-state index contributed by atoms with van der Waals surface area (Å²) in [6.45, 7) is 1.69. The molecule has 2 aromatic carbocycles. The number of nitrogens with zero attached hydrogens (tertiary/aromatic N) is 1. The molecule has 4 aromatic rings. The molecule has 2 heterocycles. The van der Waals surface area contributed by atoms with Crippen molar-refractivity contribution in [1.82, 2.24) is 0 Å². The van der Waals surface area contributed by atoms with Crippen LogP contribution >= 0.6 is 0 Å². The molecule has 160 valence electrons. The Morgan fingerprint density at radius 3 is 2.47 bits per heavy atom. The summed E-state index contributed by atoms with van der Waals surface area (Å²) < 4.78 is 15.6. The molecule has 4 rings (SSSR count). The number of rotatable bonds is 5. The Kier molecular flexibility index (Phi) is 5.67. The van der Waals surface area contributed by atoms with Crippen molar-refractivity contribution in [3.05, 3.63) is 92.6 Å². The van der Waals surface area contributed by atoms with Crippen molar-refractivity contribution in [3.8, 4) is 0 Å². The van der Waals surface area contributed by atoms with E-state index in [-0.39, 0.29) is 40.2 Å². The topological polar surface area (TPSA) is 119 Å². The van der Waals surface area contributed by atoms with Gasteiger partial charge in [-0.15, -0.1) is 0 Å². The SMILES string of the molecule is CCOC(=O)/C(C=Nc1cc2c(=O)oc3ccccc3c2oc1=O)=C(/O)c1ccccc1. The van der Waals surface area contributed by atoms with E-state index >= 15 is 0 Å². The minimum atomic E-state index is -0.827. The normalized spacial score (nSPS) is 12.3. The molecule has 0 bridgehead atoms.